The highest BCUT2D eigenvalue weighted by Gasteiger charge is 2.40. The molecule has 0 fully saturated rings. The summed E-state index contributed by atoms with van der Waals surface area (Å²) in [5, 5.41) is 1.93. The van der Waals surface area contributed by atoms with Crippen molar-refractivity contribution in [1.29, 1.82) is 0 Å². The van der Waals surface area contributed by atoms with Gasteiger partial charge in [0, 0.05) is 43.3 Å². The van der Waals surface area contributed by atoms with Crippen LogP contribution in [-0.4, -0.2) is 100 Å². The number of carbonyl (C=O) groups is 1. The van der Waals surface area contributed by atoms with Gasteiger partial charge in [-0.15, -0.1) is 0 Å². The number of nitrogens with two attached hydrogens (primary N) is 1. The normalized spacial score (nSPS) is 14.5. The van der Waals surface area contributed by atoms with E-state index in [2.05, 4.69) is 14.7 Å². The van der Waals surface area contributed by atoms with Gasteiger partial charge in [0.2, 0.25) is 0 Å². The maximum Gasteiger partial charge on any atom is 0.425 e. The van der Waals surface area contributed by atoms with Crippen LogP contribution in [0.25, 0.3) is 0 Å². The van der Waals surface area contributed by atoms with Crippen LogP contribution in [0.1, 0.15) is 57.8 Å². The molecule has 388 valence electrons. The Kier molecular flexibility index (Phi) is 20.1. The summed E-state index contributed by atoms with van der Waals surface area (Å²) in [6, 6.07) is 9.64. The van der Waals surface area contributed by atoms with Gasteiger partial charge in [0.15, 0.2) is 31.9 Å². The number of halogens is 12. The Morgan fingerprint density at radius 2 is 1.09 bits per heavy atom. The number of hydrogen-bond donors (Lipinski definition) is 1. The highest BCUT2D eigenvalue weighted by Crippen LogP contribution is 2.35. The molecule has 0 saturated heterocycles. The molecule has 1 amide bonds. The number of fused-ring (bicyclic) bond motifs is 2. The molecule has 2 aliphatic rings. The largest absolute Gasteiger partial charge is 0.748 e. The first-order valence-corrected chi connectivity index (χ1v) is 24.5. The summed E-state index contributed by atoms with van der Waals surface area (Å²) in [6.07, 6.45) is -18.1. The lowest BCUT2D eigenvalue weighted by atomic mass is 10.1. The van der Waals surface area contributed by atoms with Crippen LogP contribution in [0.3, 0.4) is 0 Å². The average Bonchev–Trinajstić information content (AvgIpc) is 3.86. The van der Waals surface area contributed by atoms with E-state index in [0.717, 1.165) is 60.5 Å². The number of pyridine rings is 2. The van der Waals surface area contributed by atoms with Crippen molar-refractivity contribution in [2.24, 2.45) is 0 Å². The van der Waals surface area contributed by atoms with Crippen LogP contribution in [0.15, 0.2) is 76.8 Å². The number of ether oxygens (including phenoxy) is 2. The van der Waals surface area contributed by atoms with Crippen LogP contribution < -0.4 is 14.8 Å². The van der Waals surface area contributed by atoms with E-state index in [9.17, 15) is 74.3 Å². The number of amides is 1. The van der Waals surface area contributed by atoms with Crippen LogP contribution in [-0.2, 0) is 77.9 Å². The molecule has 4 aromatic rings. The Bertz CT molecular complexity index is 2830. The van der Waals surface area contributed by atoms with Gasteiger partial charge in [-0.1, -0.05) is 0 Å². The number of benzene rings is 2. The average molecular weight is 1080 g/mol. The van der Waals surface area contributed by atoms with Gasteiger partial charge in [-0.2, -0.15) is 62.3 Å². The van der Waals surface area contributed by atoms with Gasteiger partial charge in [-0.3, -0.25) is 14.8 Å². The molecule has 4 heterocycles. The van der Waals surface area contributed by atoms with Crippen LogP contribution in [0.5, 0.6) is 11.5 Å². The molecule has 2 aliphatic heterocycles. The summed E-state index contributed by atoms with van der Waals surface area (Å²) in [4.78, 5) is 37.5. The van der Waals surface area contributed by atoms with Gasteiger partial charge in [-0.25, -0.2) is 25.3 Å². The number of alkyl halides is 12. The highest BCUT2D eigenvalue weighted by atomic mass is 32.2. The third-order valence-corrected chi connectivity index (χ3v) is 11.1. The molecule has 2 atom stereocenters. The fourth-order valence-electron chi connectivity index (χ4n) is 5.45. The fourth-order valence-corrected chi connectivity index (χ4v) is 6.73. The van der Waals surface area contributed by atoms with E-state index in [1.807, 2.05) is 5.32 Å². The van der Waals surface area contributed by atoms with E-state index in [0.29, 0.717) is 38.0 Å². The smallest absolute Gasteiger partial charge is 0.425 e. The minimum Gasteiger partial charge on any atom is -0.748 e. The van der Waals surface area contributed by atoms with Crippen molar-refractivity contribution >= 4 is 41.9 Å². The van der Waals surface area contributed by atoms with E-state index in [-0.39, 0.29) is 46.0 Å². The molecule has 31 heteroatoms. The molecule has 0 unspecified atom stereocenters. The third-order valence-electron chi connectivity index (χ3n) is 8.87. The van der Waals surface area contributed by atoms with Crippen molar-refractivity contribution in [1.82, 2.24) is 14.9 Å². The van der Waals surface area contributed by atoms with Crippen molar-refractivity contribution in [3.05, 3.63) is 106 Å². The Hall–Kier alpha value is -5.88. The highest BCUT2D eigenvalue weighted by molar-refractivity contribution is 7.91. The quantitative estimate of drug-likeness (QED) is 0.174. The Morgan fingerprint density at radius 3 is 1.53 bits per heavy atom. The molecule has 0 spiro atoms. The zero-order valence-electron chi connectivity index (χ0n) is 36.4. The summed E-state index contributed by atoms with van der Waals surface area (Å²) in [7, 11) is -11.1. The standard InChI is InChI=1S/C19H16F6N2O4S.C10H11F3O3S.C8H7F3N2.CH4O3S.CO2/c1-10(18(20,21)22)31-16-4-3-13(32(2,29)30)6-14(16)17(28)27-8-11-5-12(19(23,24)25)7-26-15(11)9-27;1-7(10(11,12)13)16-8-3-5-9(6-4-8)17(2,14)15;9-8(10,11)6-1-5-2-12-4-7(5)13-3-6;1-5(2,3)4;2-1-3/h3-7,10H,8-9H2,1-2H3;3-7H,1-2H3;1,3,12H,2,4H2;1H3,(H,2,3,4);/t10-;7-;;;/m00.../s1. The van der Waals surface area contributed by atoms with Crippen LogP contribution in [0.2, 0.25) is 0 Å². The number of sulfone groups is 2. The number of quaternary nitrogens is 1. The van der Waals surface area contributed by atoms with Gasteiger partial charge in [0.05, 0.1) is 48.8 Å². The van der Waals surface area contributed by atoms with Crippen molar-refractivity contribution in [2.45, 2.75) is 86.7 Å². The first-order chi connectivity index (χ1) is 31.7. The molecule has 2 aromatic heterocycles. The lowest BCUT2D eigenvalue weighted by molar-refractivity contribution is -0.676. The first-order valence-electron chi connectivity index (χ1n) is 18.9. The van der Waals surface area contributed by atoms with E-state index < -0.39 is 95.1 Å². The lowest BCUT2D eigenvalue weighted by Crippen LogP contribution is -2.77. The number of nitrogens with zero attached hydrogens (tertiary/aromatic N) is 3. The van der Waals surface area contributed by atoms with Crippen molar-refractivity contribution in [3.8, 4) is 11.5 Å². The number of aromatic nitrogens is 2. The summed E-state index contributed by atoms with van der Waals surface area (Å²) >= 11 is 0. The second-order valence-corrected chi connectivity index (χ2v) is 20.0. The Morgan fingerprint density at radius 1 is 0.657 bits per heavy atom. The lowest BCUT2D eigenvalue weighted by Gasteiger charge is -2.22. The van der Waals surface area contributed by atoms with E-state index in [1.54, 1.807) is 0 Å². The minimum atomic E-state index is -4.75. The maximum atomic E-state index is 13.0. The van der Waals surface area contributed by atoms with E-state index >= 15 is 0 Å². The molecule has 0 bridgehead atoms. The predicted octanol–water partition coefficient (Wildman–Crippen LogP) is 5.66. The summed E-state index contributed by atoms with van der Waals surface area (Å²) in [6.45, 7) is 2.39. The Balaban J connectivity index is 0.000000367. The second-order valence-electron chi connectivity index (χ2n) is 14.6. The van der Waals surface area contributed by atoms with Gasteiger partial charge < -0.3 is 24.2 Å². The second kappa shape index (κ2) is 23.4. The zero-order chi connectivity index (χ0) is 54.0. The van der Waals surface area contributed by atoms with Crippen LogP contribution in [0.4, 0.5) is 52.7 Å². The van der Waals surface area contributed by atoms with E-state index in [4.69, 9.17) is 27.3 Å². The summed E-state index contributed by atoms with van der Waals surface area (Å²) in [5.41, 5.74) is -0.333. The summed E-state index contributed by atoms with van der Waals surface area (Å²) in [5.74, 6) is -1.44. The zero-order valence-corrected chi connectivity index (χ0v) is 38.9. The maximum absolute atomic E-state index is 13.0. The molecule has 16 nitrogen and oxygen atoms in total. The molecule has 6 rings (SSSR count). The van der Waals surface area contributed by atoms with Gasteiger partial charge in [-0.05, 0) is 74.0 Å². The van der Waals surface area contributed by atoms with Crippen molar-refractivity contribution in [2.75, 3.05) is 18.8 Å². The van der Waals surface area contributed by atoms with Gasteiger partial charge in [0.1, 0.15) is 30.3 Å². The number of carbonyl (C=O) groups excluding carboxylic acids is 3. The number of rotatable bonds is 7. The molecule has 0 aliphatic carbocycles. The third kappa shape index (κ3) is 19.5. The molecule has 2 aromatic carbocycles. The van der Waals surface area contributed by atoms with Crippen LogP contribution >= 0.6 is 0 Å². The van der Waals surface area contributed by atoms with Gasteiger partial charge in [0.25, 0.3) is 5.91 Å². The number of hydrogen-bond acceptors (Lipinski definition) is 14. The SMILES string of the molecule is CS(=O)(=O)[O-].C[C@H](Oc1ccc(S(C)(=O)=O)cc1)C(F)(F)F.C[C@H](Oc1ccc(S(C)(=O)=O)cc1C(=O)N1Cc2cc(C(F)(F)F)cnc2C1)C(F)(F)F.FC(F)(F)c1cnc2c(c1)C[NH2+]C2.O=C=O. The van der Waals surface area contributed by atoms with Gasteiger partial charge >= 0.3 is 30.9 Å². The molecule has 0 radical (unpaired) electrons. The van der Waals surface area contributed by atoms with E-state index in [1.165, 1.54) is 30.3 Å². The molecule has 2 N–H and O–H groups in total. The predicted molar refractivity (Wildman–Crippen MR) is 213 cm³/mol. The molecule has 0 saturated carbocycles. The Labute approximate surface area is 390 Å². The van der Waals surface area contributed by atoms with Crippen molar-refractivity contribution < 1.29 is 112 Å². The van der Waals surface area contributed by atoms with Crippen molar-refractivity contribution in [3.63, 3.8) is 0 Å². The molecular formula is C39H38F12N4O12S3. The molecule has 70 heavy (non-hydrogen) atoms. The minimum absolute atomic E-state index is 0.0257. The first kappa shape index (κ1) is 60.2. The molecular weight excluding hydrogens is 1040 g/mol. The summed E-state index contributed by atoms with van der Waals surface area (Å²) < 4.78 is 233. The topological polar surface area (TPSA) is 241 Å². The van der Waals surface area contributed by atoms with Crippen LogP contribution in [0, 0.1) is 0 Å². The monoisotopic (exact) mass is 1080 g/mol. The fraction of sp³-hybridized carbons (Fsp3) is 0.385.